The van der Waals surface area contributed by atoms with Gasteiger partial charge in [-0.05, 0) is 50.0 Å². The van der Waals surface area contributed by atoms with Gasteiger partial charge in [0.2, 0.25) is 5.91 Å². The second kappa shape index (κ2) is 8.66. The fraction of sp³-hybridized carbons (Fsp3) is 0.941. The molecule has 120 valence electrons. The summed E-state index contributed by atoms with van der Waals surface area (Å²) in [5.74, 6) is 1.41. The van der Waals surface area contributed by atoms with Crippen LogP contribution in [0.3, 0.4) is 0 Å². The highest BCUT2D eigenvalue weighted by Gasteiger charge is 2.25. The van der Waals surface area contributed by atoms with Crippen molar-refractivity contribution in [3.05, 3.63) is 0 Å². The molecule has 0 fully saturated rings. The lowest BCUT2D eigenvalue weighted by Gasteiger charge is -2.32. The topological polar surface area (TPSA) is 46.3 Å². The Morgan fingerprint density at radius 3 is 2.10 bits per heavy atom. The molecule has 0 saturated carbocycles. The van der Waals surface area contributed by atoms with Crippen molar-refractivity contribution in [2.45, 2.75) is 73.3 Å². The van der Waals surface area contributed by atoms with Crippen LogP contribution >= 0.6 is 0 Å². The van der Waals surface area contributed by atoms with Crippen molar-refractivity contribution >= 4 is 5.91 Å². The quantitative estimate of drug-likeness (QED) is 0.739. The van der Waals surface area contributed by atoms with Crippen LogP contribution in [0, 0.1) is 17.3 Å². The second-order valence-corrected chi connectivity index (χ2v) is 7.66. The van der Waals surface area contributed by atoms with Gasteiger partial charge in [-0.2, -0.15) is 0 Å². The van der Waals surface area contributed by atoms with E-state index in [4.69, 9.17) is 5.73 Å². The Hall–Kier alpha value is -0.570. The zero-order chi connectivity index (χ0) is 15.9. The third kappa shape index (κ3) is 7.28. The van der Waals surface area contributed by atoms with Gasteiger partial charge in [-0.1, -0.05) is 34.6 Å². The Morgan fingerprint density at radius 2 is 1.70 bits per heavy atom. The van der Waals surface area contributed by atoms with Gasteiger partial charge in [-0.3, -0.25) is 4.79 Å². The molecular formula is C17H36N2O. The van der Waals surface area contributed by atoms with E-state index in [9.17, 15) is 4.79 Å². The van der Waals surface area contributed by atoms with Gasteiger partial charge in [-0.25, -0.2) is 0 Å². The summed E-state index contributed by atoms with van der Waals surface area (Å²) in [7, 11) is 1.93. The summed E-state index contributed by atoms with van der Waals surface area (Å²) >= 11 is 0. The van der Waals surface area contributed by atoms with Crippen LogP contribution in [0.15, 0.2) is 0 Å². The van der Waals surface area contributed by atoms with Gasteiger partial charge in [0.25, 0.3) is 0 Å². The first-order chi connectivity index (χ1) is 9.09. The second-order valence-electron chi connectivity index (χ2n) is 7.66. The maximum Gasteiger partial charge on any atom is 0.222 e. The van der Waals surface area contributed by atoms with E-state index in [0.717, 1.165) is 19.3 Å². The molecule has 20 heavy (non-hydrogen) atoms. The molecule has 0 radical (unpaired) electrons. The van der Waals surface area contributed by atoms with Crippen molar-refractivity contribution in [2.24, 2.45) is 23.0 Å². The summed E-state index contributed by atoms with van der Waals surface area (Å²) in [6, 6.07) is 0.324. The molecule has 0 aromatic heterocycles. The van der Waals surface area contributed by atoms with Gasteiger partial charge in [-0.15, -0.1) is 0 Å². The highest BCUT2D eigenvalue weighted by molar-refractivity contribution is 5.76. The van der Waals surface area contributed by atoms with Gasteiger partial charge < -0.3 is 10.6 Å². The number of hydrogen-bond donors (Lipinski definition) is 1. The molecule has 0 spiro atoms. The average Bonchev–Trinajstić information content (AvgIpc) is 2.30. The van der Waals surface area contributed by atoms with E-state index in [2.05, 4.69) is 41.5 Å². The molecule has 0 aliphatic carbocycles. The molecule has 0 heterocycles. The van der Waals surface area contributed by atoms with Crippen LogP contribution in [-0.2, 0) is 4.79 Å². The fourth-order valence-electron chi connectivity index (χ4n) is 2.77. The molecule has 3 nitrogen and oxygen atoms in total. The van der Waals surface area contributed by atoms with E-state index < -0.39 is 0 Å². The third-order valence-electron chi connectivity index (χ3n) is 4.31. The first-order valence-electron chi connectivity index (χ1n) is 8.05. The van der Waals surface area contributed by atoms with E-state index >= 15 is 0 Å². The molecule has 0 aliphatic heterocycles. The van der Waals surface area contributed by atoms with E-state index in [-0.39, 0.29) is 11.3 Å². The minimum absolute atomic E-state index is 0.224. The molecule has 0 aromatic carbocycles. The molecule has 0 aliphatic rings. The number of carbonyl (C=O) groups is 1. The molecule has 0 bridgehead atoms. The number of nitrogens with zero attached hydrogens (tertiary/aromatic N) is 1. The Bertz CT molecular complexity index is 281. The zero-order valence-electron chi connectivity index (χ0n) is 14.7. The molecule has 0 saturated heterocycles. The van der Waals surface area contributed by atoms with E-state index in [1.54, 1.807) is 0 Å². The van der Waals surface area contributed by atoms with Crippen molar-refractivity contribution in [3.8, 4) is 0 Å². The summed E-state index contributed by atoms with van der Waals surface area (Å²) in [6.45, 7) is 14.0. The van der Waals surface area contributed by atoms with Crippen LogP contribution in [0.4, 0.5) is 0 Å². The number of amides is 1. The lowest BCUT2D eigenvalue weighted by molar-refractivity contribution is -0.132. The molecule has 2 atom stereocenters. The summed E-state index contributed by atoms with van der Waals surface area (Å²) in [4.78, 5) is 14.2. The van der Waals surface area contributed by atoms with Crippen LogP contribution in [0.5, 0.6) is 0 Å². The first kappa shape index (κ1) is 19.4. The molecule has 2 N–H and O–H groups in total. The van der Waals surface area contributed by atoms with Gasteiger partial charge in [0.15, 0.2) is 0 Å². The van der Waals surface area contributed by atoms with Gasteiger partial charge in [0.1, 0.15) is 0 Å². The third-order valence-corrected chi connectivity index (χ3v) is 4.31. The molecule has 0 aromatic rings. The van der Waals surface area contributed by atoms with Crippen molar-refractivity contribution in [2.75, 3.05) is 13.6 Å². The smallest absolute Gasteiger partial charge is 0.222 e. The van der Waals surface area contributed by atoms with Gasteiger partial charge in [0.05, 0.1) is 0 Å². The summed E-state index contributed by atoms with van der Waals surface area (Å²) in [5, 5.41) is 0. The first-order valence-corrected chi connectivity index (χ1v) is 8.05. The SMILES string of the molecule is CC(C)CC(C)N(C)C(=O)CCC(CCN)C(C)(C)C. The fourth-order valence-corrected chi connectivity index (χ4v) is 2.77. The average molecular weight is 284 g/mol. The van der Waals surface area contributed by atoms with Crippen LogP contribution < -0.4 is 5.73 Å². The Labute approximate surface area is 126 Å². The lowest BCUT2D eigenvalue weighted by atomic mass is 9.76. The zero-order valence-corrected chi connectivity index (χ0v) is 14.7. The Balaban J connectivity index is 4.38. The number of carbonyl (C=O) groups excluding carboxylic acids is 1. The Morgan fingerprint density at radius 1 is 1.15 bits per heavy atom. The normalized spacial score (nSPS) is 15.2. The predicted molar refractivity (Wildman–Crippen MR) is 87.5 cm³/mol. The van der Waals surface area contributed by atoms with Crippen molar-refractivity contribution in [1.82, 2.24) is 4.90 Å². The van der Waals surface area contributed by atoms with Crippen LogP contribution in [0.25, 0.3) is 0 Å². The monoisotopic (exact) mass is 284 g/mol. The van der Waals surface area contributed by atoms with Crippen molar-refractivity contribution in [1.29, 1.82) is 0 Å². The van der Waals surface area contributed by atoms with E-state index in [1.807, 2.05) is 11.9 Å². The molecular weight excluding hydrogens is 248 g/mol. The van der Waals surface area contributed by atoms with Crippen molar-refractivity contribution in [3.63, 3.8) is 0 Å². The maximum absolute atomic E-state index is 12.3. The van der Waals surface area contributed by atoms with Gasteiger partial charge >= 0.3 is 0 Å². The standard InChI is InChI=1S/C17H36N2O/c1-13(2)12-14(3)19(7)16(20)9-8-15(10-11-18)17(4,5)6/h13-15H,8-12,18H2,1-7H3. The number of nitrogens with two attached hydrogens (primary N) is 1. The minimum atomic E-state index is 0.224. The van der Waals surface area contributed by atoms with Gasteiger partial charge in [0, 0.05) is 19.5 Å². The van der Waals surface area contributed by atoms with Crippen molar-refractivity contribution < 1.29 is 4.79 Å². The number of rotatable bonds is 8. The minimum Gasteiger partial charge on any atom is -0.343 e. The van der Waals surface area contributed by atoms with E-state index in [1.165, 1.54) is 0 Å². The highest BCUT2D eigenvalue weighted by atomic mass is 16.2. The summed E-state index contributed by atoms with van der Waals surface area (Å²) < 4.78 is 0. The Kier molecular flexibility index (Phi) is 8.41. The van der Waals surface area contributed by atoms with Crippen LogP contribution in [0.1, 0.15) is 67.2 Å². The highest BCUT2D eigenvalue weighted by Crippen LogP contribution is 2.32. The summed E-state index contributed by atoms with van der Waals surface area (Å²) in [6.07, 6.45) is 3.65. The van der Waals surface area contributed by atoms with E-state index in [0.29, 0.717) is 30.8 Å². The number of hydrogen-bond acceptors (Lipinski definition) is 2. The summed E-state index contributed by atoms with van der Waals surface area (Å²) in [5.41, 5.74) is 5.92. The maximum atomic E-state index is 12.3. The van der Waals surface area contributed by atoms with Crippen LogP contribution in [-0.4, -0.2) is 30.4 Å². The molecule has 1 amide bonds. The lowest BCUT2D eigenvalue weighted by Crippen LogP contribution is -2.36. The largest absolute Gasteiger partial charge is 0.343 e. The molecule has 2 unspecified atom stereocenters. The molecule has 3 heteroatoms. The predicted octanol–water partition coefficient (Wildman–Crippen LogP) is 3.67. The molecule has 0 rings (SSSR count). The van der Waals surface area contributed by atoms with Crippen LogP contribution in [0.2, 0.25) is 0 Å².